The van der Waals surface area contributed by atoms with Gasteiger partial charge in [-0.25, -0.2) is 4.79 Å². The minimum absolute atomic E-state index is 0.131. The fraction of sp³-hybridized carbons (Fsp3) is 0.148. The Morgan fingerprint density at radius 2 is 1.80 bits per heavy atom. The SMILES string of the molecule is Cc1cc([C@H]2[C@H](c3ccccn3)NC(=S)N2c2ccccc2O)c(C)n1-c1cccc(C(=O)O)c1. The number of phenols is 1. The van der Waals surface area contributed by atoms with Crippen LogP contribution in [-0.4, -0.2) is 30.8 Å². The van der Waals surface area contributed by atoms with Crippen LogP contribution in [0.5, 0.6) is 5.75 Å². The number of benzene rings is 2. The van der Waals surface area contributed by atoms with Gasteiger partial charge in [0.1, 0.15) is 5.75 Å². The molecular formula is C27H24N4O3S. The van der Waals surface area contributed by atoms with E-state index in [0.29, 0.717) is 10.8 Å². The first-order valence-electron chi connectivity index (χ1n) is 11.2. The van der Waals surface area contributed by atoms with Crippen LogP contribution in [0.15, 0.2) is 79.0 Å². The number of anilines is 1. The second-order valence-electron chi connectivity index (χ2n) is 8.50. The maximum absolute atomic E-state index is 11.6. The fourth-order valence-corrected chi connectivity index (χ4v) is 5.20. The van der Waals surface area contributed by atoms with Gasteiger partial charge in [0.05, 0.1) is 29.0 Å². The molecule has 1 aliphatic heterocycles. The van der Waals surface area contributed by atoms with Crippen molar-refractivity contribution in [2.75, 3.05) is 4.90 Å². The van der Waals surface area contributed by atoms with Gasteiger partial charge in [-0.05, 0) is 80.2 Å². The number of hydrogen-bond donors (Lipinski definition) is 3. The van der Waals surface area contributed by atoms with Crippen molar-refractivity contribution >= 4 is 29.0 Å². The quantitative estimate of drug-likeness (QED) is 0.341. The Labute approximate surface area is 208 Å². The van der Waals surface area contributed by atoms with E-state index in [9.17, 15) is 15.0 Å². The number of nitrogens with zero attached hydrogens (tertiary/aromatic N) is 3. The summed E-state index contributed by atoms with van der Waals surface area (Å²) in [5, 5.41) is 24.1. The molecule has 2 atom stereocenters. The van der Waals surface area contributed by atoms with Gasteiger partial charge in [0.2, 0.25) is 0 Å². The first kappa shape index (κ1) is 22.6. The van der Waals surface area contributed by atoms with Crippen LogP contribution in [0.2, 0.25) is 0 Å². The maximum atomic E-state index is 11.6. The van der Waals surface area contributed by atoms with Crippen LogP contribution in [0, 0.1) is 13.8 Å². The summed E-state index contributed by atoms with van der Waals surface area (Å²) in [6.45, 7) is 4.00. The molecule has 2 aromatic heterocycles. The van der Waals surface area contributed by atoms with Crippen LogP contribution < -0.4 is 10.2 Å². The van der Waals surface area contributed by atoms with Crippen molar-refractivity contribution in [1.29, 1.82) is 0 Å². The summed E-state index contributed by atoms with van der Waals surface area (Å²) in [4.78, 5) is 18.1. The molecule has 1 saturated heterocycles. The van der Waals surface area contributed by atoms with E-state index < -0.39 is 5.97 Å². The number of phenolic OH excluding ortho intramolecular Hbond substituents is 1. The molecule has 5 rings (SSSR count). The molecule has 2 aromatic carbocycles. The molecular weight excluding hydrogens is 460 g/mol. The lowest BCUT2D eigenvalue weighted by Gasteiger charge is -2.28. The minimum Gasteiger partial charge on any atom is -0.506 e. The molecule has 4 aromatic rings. The third-order valence-electron chi connectivity index (χ3n) is 6.38. The molecule has 1 fully saturated rings. The number of nitrogens with one attached hydrogen (secondary N) is 1. The average molecular weight is 485 g/mol. The van der Waals surface area contributed by atoms with Crippen LogP contribution in [0.25, 0.3) is 5.69 Å². The van der Waals surface area contributed by atoms with E-state index in [-0.39, 0.29) is 23.4 Å². The predicted octanol–water partition coefficient (Wildman–Crippen LogP) is 5.07. The molecule has 0 amide bonds. The summed E-state index contributed by atoms with van der Waals surface area (Å²) in [6, 6.07) is 21.3. The van der Waals surface area contributed by atoms with Crippen LogP contribution in [0.1, 0.15) is 45.1 Å². The predicted molar refractivity (Wildman–Crippen MR) is 138 cm³/mol. The number of hydrogen-bond acceptors (Lipinski definition) is 4. The summed E-state index contributed by atoms with van der Waals surface area (Å²) in [6.07, 6.45) is 1.75. The second kappa shape index (κ2) is 8.88. The molecule has 0 saturated carbocycles. The Kier molecular flexibility index (Phi) is 5.74. The van der Waals surface area contributed by atoms with Gasteiger partial charge in [0.15, 0.2) is 5.11 Å². The highest BCUT2D eigenvalue weighted by atomic mass is 32.1. The number of aryl methyl sites for hydroxylation is 1. The Balaban J connectivity index is 1.69. The summed E-state index contributed by atoms with van der Waals surface area (Å²) in [7, 11) is 0. The number of thiocarbonyl (C=S) groups is 1. The molecule has 0 unspecified atom stereocenters. The zero-order chi connectivity index (χ0) is 24.7. The molecule has 3 N–H and O–H groups in total. The van der Waals surface area contributed by atoms with Gasteiger partial charge in [-0.1, -0.05) is 24.3 Å². The van der Waals surface area contributed by atoms with Crippen LogP contribution >= 0.6 is 12.2 Å². The summed E-state index contributed by atoms with van der Waals surface area (Å²) in [5.74, 6) is -0.841. The largest absolute Gasteiger partial charge is 0.506 e. The topological polar surface area (TPSA) is 90.6 Å². The molecule has 0 aliphatic carbocycles. The van der Waals surface area contributed by atoms with E-state index in [1.807, 2.05) is 59.7 Å². The van der Waals surface area contributed by atoms with Crippen molar-refractivity contribution in [2.45, 2.75) is 25.9 Å². The number of rotatable bonds is 5. The highest BCUT2D eigenvalue weighted by Crippen LogP contribution is 2.45. The van der Waals surface area contributed by atoms with E-state index in [4.69, 9.17) is 12.2 Å². The van der Waals surface area contributed by atoms with Gasteiger partial charge in [-0.15, -0.1) is 0 Å². The van der Waals surface area contributed by atoms with Crippen molar-refractivity contribution in [1.82, 2.24) is 14.9 Å². The smallest absolute Gasteiger partial charge is 0.335 e. The van der Waals surface area contributed by atoms with E-state index in [2.05, 4.69) is 16.4 Å². The first-order valence-corrected chi connectivity index (χ1v) is 11.6. The van der Waals surface area contributed by atoms with E-state index in [1.165, 1.54) is 0 Å². The number of carboxylic acids is 1. The molecule has 0 bridgehead atoms. The van der Waals surface area contributed by atoms with Crippen molar-refractivity contribution in [2.24, 2.45) is 0 Å². The van der Waals surface area contributed by atoms with Crippen molar-refractivity contribution in [3.63, 3.8) is 0 Å². The summed E-state index contributed by atoms with van der Waals surface area (Å²) < 4.78 is 2.04. The number of pyridine rings is 1. The number of aromatic nitrogens is 2. The van der Waals surface area contributed by atoms with Gasteiger partial charge in [0.25, 0.3) is 0 Å². The highest BCUT2D eigenvalue weighted by Gasteiger charge is 2.43. The number of carbonyl (C=O) groups is 1. The van der Waals surface area contributed by atoms with E-state index >= 15 is 0 Å². The molecule has 1 aliphatic rings. The van der Waals surface area contributed by atoms with Crippen molar-refractivity contribution in [3.8, 4) is 11.4 Å². The fourth-order valence-electron chi connectivity index (χ4n) is 4.86. The molecule has 0 radical (unpaired) electrons. The lowest BCUT2D eigenvalue weighted by atomic mass is 9.96. The lowest BCUT2D eigenvalue weighted by molar-refractivity contribution is 0.0697. The number of aromatic hydroxyl groups is 1. The van der Waals surface area contributed by atoms with Crippen molar-refractivity contribution < 1.29 is 15.0 Å². The molecule has 0 spiro atoms. The lowest BCUT2D eigenvalue weighted by Crippen LogP contribution is -2.29. The Morgan fingerprint density at radius 3 is 2.51 bits per heavy atom. The highest BCUT2D eigenvalue weighted by molar-refractivity contribution is 7.80. The number of carboxylic acid groups (broad SMARTS) is 1. The zero-order valence-corrected chi connectivity index (χ0v) is 20.0. The van der Waals surface area contributed by atoms with Crippen LogP contribution in [0.4, 0.5) is 5.69 Å². The molecule has 8 heteroatoms. The summed E-state index contributed by atoms with van der Waals surface area (Å²) >= 11 is 5.76. The van der Waals surface area contributed by atoms with E-state index in [0.717, 1.165) is 28.3 Å². The van der Waals surface area contributed by atoms with Gasteiger partial charge in [0, 0.05) is 23.3 Å². The molecule has 7 nitrogen and oxygen atoms in total. The molecule has 35 heavy (non-hydrogen) atoms. The Hall–Kier alpha value is -4.17. The monoisotopic (exact) mass is 484 g/mol. The maximum Gasteiger partial charge on any atom is 0.335 e. The molecule has 176 valence electrons. The van der Waals surface area contributed by atoms with E-state index in [1.54, 1.807) is 36.5 Å². The zero-order valence-electron chi connectivity index (χ0n) is 19.2. The average Bonchev–Trinajstić information content (AvgIpc) is 3.35. The minimum atomic E-state index is -0.971. The van der Waals surface area contributed by atoms with Crippen LogP contribution in [-0.2, 0) is 0 Å². The van der Waals surface area contributed by atoms with Crippen molar-refractivity contribution in [3.05, 3.63) is 107 Å². The standard InChI is InChI=1S/C27H24N4O3S/c1-16-14-20(17(2)30(16)19-9-7-8-18(15-19)26(33)34)25-24(21-10-5-6-13-28-21)29-27(35)31(25)22-11-3-4-12-23(22)32/h3-15,24-25,32H,1-2H3,(H,29,35)(H,33,34)/t24-,25-/m0/s1. The number of para-hydroxylation sites is 2. The van der Waals surface area contributed by atoms with Gasteiger partial charge >= 0.3 is 5.97 Å². The van der Waals surface area contributed by atoms with Gasteiger partial charge in [-0.2, -0.15) is 0 Å². The molecule has 3 heterocycles. The normalized spacial score (nSPS) is 17.4. The Morgan fingerprint density at radius 1 is 1.03 bits per heavy atom. The Bertz CT molecular complexity index is 1430. The second-order valence-corrected chi connectivity index (χ2v) is 8.89. The third-order valence-corrected chi connectivity index (χ3v) is 6.69. The third kappa shape index (κ3) is 3.91. The summed E-state index contributed by atoms with van der Waals surface area (Å²) in [5.41, 5.74) is 5.32. The van der Waals surface area contributed by atoms with Crippen LogP contribution in [0.3, 0.4) is 0 Å². The number of aromatic carboxylic acids is 1. The van der Waals surface area contributed by atoms with Gasteiger partial charge < -0.3 is 25.0 Å². The first-order chi connectivity index (χ1) is 16.9. The van der Waals surface area contributed by atoms with Gasteiger partial charge in [-0.3, -0.25) is 4.98 Å².